The summed E-state index contributed by atoms with van der Waals surface area (Å²) in [5.74, 6) is 0.909. The summed E-state index contributed by atoms with van der Waals surface area (Å²) in [6, 6.07) is 22.6. The van der Waals surface area contributed by atoms with Gasteiger partial charge in [0.05, 0.1) is 11.6 Å². The number of carbonyl (C=O) groups excluding carboxylic acids is 1. The number of aromatic nitrogens is 1. The van der Waals surface area contributed by atoms with Crippen LogP contribution in [0.4, 0.5) is 11.5 Å². The minimum absolute atomic E-state index is 0.132. The maximum Gasteiger partial charge on any atom is 0.234 e. The topological polar surface area (TPSA) is 36.4 Å². The molecule has 3 aromatic rings. The summed E-state index contributed by atoms with van der Waals surface area (Å²) in [7, 11) is 0. The number of benzene rings is 2. The predicted molar refractivity (Wildman–Crippen MR) is 118 cm³/mol. The van der Waals surface area contributed by atoms with Gasteiger partial charge in [-0.25, -0.2) is 4.98 Å². The Balaban J connectivity index is 1.61. The number of pyridine rings is 1. The zero-order valence-corrected chi connectivity index (χ0v) is 17.1. The van der Waals surface area contributed by atoms with Crippen LogP contribution in [0.3, 0.4) is 0 Å². The molecule has 0 saturated heterocycles. The lowest BCUT2D eigenvalue weighted by Crippen LogP contribution is -2.46. The molecule has 0 fully saturated rings. The van der Waals surface area contributed by atoms with Gasteiger partial charge in [-0.3, -0.25) is 4.79 Å². The van der Waals surface area contributed by atoms with E-state index >= 15 is 0 Å². The third-order valence-corrected chi connectivity index (χ3v) is 5.62. The van der Waals surface area contributed by atoms with Crippen molar-refractivity contribution in [1.29, 1.82) is 0 Å². The number of nitrogens with zero attached hydrogens (tertiary/aromatic N) is 3. The van der Waals surface area contributed by atoms with Crippen LogP contribution in [-0.2, 0) is 11.3 Å². The normalized spacial score (nSPS) is 14.4. The highest BCUT2D eigenvalue weighted by Crippen LogP contribution is 2.34. The average molecular weight is 386 g/mol. The molecule has 4 rings (SSSR count). The number of hydrogen-bond acceptors (Lipinski definition) is 3. The van der Waals surface area contributed by atoms with Crippen molar-refractivity contribution >= 4 is 17.4 Å². The van der Waals surface area contributed by atoms with E-state index in [9.17, 15) is 4.79 Å². The van der Waals surface area contributed by atoms with Gasteiger partial charge in [0.1, 0.15) is 0 Å². The van der Waals surface area contributed by atoms with Crippen molar-refractivity contribution in [3.8, 4) is 0 Å². The van der Waals surface area contributed by atoms with Gasteiger partial charge >= 0.3 is 0 Å². The summed E-state index contributed by atoms with van der Waals surface area (Å²) < 4.78 is 0. The van der Waals surface area contributed by atoms with Gasteiger partial charge in [-0.15, -0.1) is 0 Å². The Kier molecular flexibility index (Phi) is 5.61. The molecular formula is C25H27N3O. The third-order valence-electron chi connectivity index (χ3n) is 5.62. The number of anilines is 2. The van der Waals surface area contributed by atoms with E-state index in [4.69, 9.17) is 0 Å². The first kappa shape index (κ1) is 19.2. The van der Waals surface area contributed by atoms with Crippen LogP contribution in [-0.4, -0.2) is 24.0 Å². The Morgan fingerprint density at radius 3 is 2.48 bits per heavy atom. The zero-order valence-electron chi connectivity index (χ0n) is 17.1. The summed E-state index contributed by atoms with van der Waals surface area (Å²) in [4.78, 5) is 22.3. The lowest BCUT2D eigenvalue weighted by molar-refractivity contribution is -0.120. The van der Waals surface area contributed by atoms with Crippen LogP contribution >= 0.6 is 0 Å². The van der Waals surface area contributed by atoms with E-state index in [1.54, 1.807) is 0 Å². The molecule has 4 heteroatoms. The fraction of sp³-hybridized carbons (Fsp3) is 0.280. The van der Waals surface area contributed by atoms with Gasteiger partial charge in [-0.05, 0) is 36.6 Å². The molecule has 148 valence electrons. The van der Waals surface area contributed by atoms with E-state index in [1.165, 1.54) is 11.1 Å². The minimum Gasteiger partial charge on any atom is -0.349 e. The standard InChI is InChI=1S/C25H27N3O/c1-3-22(21-8-5-4-6-9-21)25(29)28-17-16-27(24-23(28)10-7-15-26-24)18-20-13-11-19(2)12-14-20/h4-15,22H,3,16-18H2,1-2H3. The molecule has 1 amide bonds. The van der Waals surface area contributed by atoms with Crippen LogP contribution in [0.2, 0.25) is 0 Å². The first-order chi connectivity index (χ1) is 14.2. The molecular weight excluding hydrogens is 358 g/mol. The summed E-state index contributed by atoms with van der Waals surface area (Å²) in [5.41, 5.74) is 4.50. The molecule has 1 unspecified atom stereocenters. The molecule has 2 aromatic carbocycles. The van der Waals surface area contributed by atoms with Crippen LogP contribution in [0, 0.1) is 6.92 Å². The second kappa shape index (κ2) is 8.48. The maximum atomic E-state index is 13.5. The van der Waals surface area contributed by atoms with Gasteiger partial charge in [-0.1, -0.05) is 67.1 Å². The van der Waals surface area contributed by atoms with E-state index in [0.29, 0.717) is 6.54 Å². The van der Waals surface area contributed by atoms with Crippen LogP contribution in [0.5, 0.6) is 0 Å². The van der Waals surface area contributed by atoms with Gasteiger partial charge < -0.3 is 9.80 Å². The highest BCUT2D eigenvalue weighted by Gasteiger charge is 2.31. The highest BCUT2D eigenvalue weighted by atomic mass is 16.2. The van der Waals surface area contributed by atoms with Gasteiger partial charge in [-0.2, -0.15) is 0 Å². The predicted octanol–water partition coefficient (Wildman–Crippen LogP) is 4.94. The molecule has 0 radical (unpaired) electrons. The van der Waals surface area contributed by atoms with E-state index in [0.717, 1.165) is 36.6 Å². The molecule has 0 N–H and O–H groups in total. The molecule has 29 heavy (non-hydrogen) atoms. The first-order valence-corrected chi connectivity index (χ1v) is 10.3. The lowest BCUT2D eigenvalue weighted by atomic mass is 9.94. The molecule has 1 aliphatic heterocycles. The monoisotopic (exact) mass is 385 g/mol. The molecule has 1 aliphatic rings. The van der Waals surface area contributed by atoms with E-state index in [1.807, 2.05) is 53.6 Å². The molecule has 0 spiro atoms. The summed E-state index contributed by atoms with van der Waals surface area (Å²) >= 11 is 0. The SMILES string of the molecule is CCC(C(=O)N1CCN(Cc2ccc(C)cc2)c2ncccc21)c1ccccc1. The number of aryl methyl sites for hydroxylation is 1. The average Bonchev–Trinajstić information content (AvgIpc) is 2.77. The van der Waals surface area contributed by atoms with Crippen LogP contribution in [0.15, 0.2) is 72.9 Å². The lowest BCUT2D eigenvalue weighted by Gasteiger charge is -2.38. The number of fused-ring (bicyclic) bond motifs is 1. The third kappa shape index (κ3) is 4.02. The molecule has 0 saturated carbocycles. The van der Waals surface area contributed by atoms with Gasteiger partial charge in [0.25, 0.3) is 0 Å². The fourth-order valence-electron chi connectivity index (χ4n) is 4.01. The Hall–Kier alpha value is -3.14. The Morgan fingerprint density at radius 2 is 1.76 bits per heavy atom. The van der Waals surface area contributed by atoms with Crippen molar-refractivity contribution in [3.63, 3.8) is 0 Å². The first-order valence-electron chi connectivity index (χ1n) is 10.3. The van der Waals surface area contributed by atoms with E-state index in [2.05, 4.69) is 48.0 Å². The summed E-state index contributed by atoms with van der Waals surface area (Å²) in [5, 5.41) is 0. The molecule has 0 bridgehead atoms. The minimum atomic E-state index is -0.132. The molecule has 0 aliphatic carbocycles. The molecule has 1 atom stereocenters. The summed E-state index contributed by atoms with van der Waals surface area (Å²) in [6.07, 6.45) is 2.59. The Bertz CT molecular complexity index is 969. The van der Waals surface area contributed by atoms with Crippen LogP contribution in [0.25, 0.3) is 0 Å². The van der Waals surface area contributed by atoms with Crippen molar-refractivity contribution < 1.29 is 4.79 Å². The smallest absolute Gasteiger partial charge is 0.234 e. The van der Waals surface area contributed by atoms with Crippen LogP contribution in [0.1, 0.15) is 36.0 Å². The fourth-order valence-corrected chi connectivity index (χ4v) is 4.01. The second-order valence-corrected chi connectivity index (χ2v) is 7.61. The number of carbonyl (C=O) groups is 1. The second-order valence-electron chi connectivity index (χ2n) is 7.61. The zero-order chi connectivity index (χ0) is 20.2. The number of rotatable bonds is 5. The summed E-state index contributed by atoms with van der Waals surface area (Å²) in [6.45, 7) is 6.42. The van der Waals surface area contributed by atoms with Crippen molar-refractivity contribution in [2.45, 2.75) is 32.7 Å². The van der Waals surface area contributed by atoms with Crippen molar-refractivity contribution in [2.75, 3.05) is 22.9 Å². The van der Waals surface area contributed by atoms with Crippen molar-refractivity contribution in [3.05, 3.63) is 89.6 Å². The van der Waals surface area contributed by atoms with Crippen LogP contribution < -0.4 is 9.80 Å². The van der Waals surface area contributed by atoms with Crippen molar-refractivity contribution in [2.24, 2.45) is 0 Å². The molecule has 2 heterocycles. The van der Waals surface area contributed by atoms with Crippen molar-refractivity contribution in [1.82, 2.24) is 4.98 Å². The highest BCUT2D eigenvalue weighted by molar-refractivity contribution is 6.01. The maximum absolute atomic E-state index is 13.5. The van der Waals surface area contributed by atoms with E-state index < -0.39 is 0 Å². The van der Waals surface area contributed by atoms with Gasteiger partial charge in [0.15, 0.2) is 5.82 Å². The number of hydrogen-bond donors (Lipinski definition) is 0. The largest absolute Gasteiger partial charge is 0.349 e. The Morgan fingerprint density at radius 1 is 1.00 bits per heavy atom. The van der Waals surface area contributed by atoms with Gasteiger partial charge in [0.2, 0.25) is 5.91 Å². The molecule has 1 aromatic heterocycles. The molecule has 4 nitrogen and oxygen atoms in total. The van der Waals surface area contributed by atoms with Gasteiger partial charge in [0, 0.05) is 25.8 Å². The quantitative estimate of drug-likeness (QED) is 0.624. The van der Waals surface area contributed by atoms with E-state index in [-0.39, 0.29) is 11.8 Å². The number of amides is 1. The Labute approximate surface area is 172 Å².